The lowest BCUT2D eigenvalue weighted by molar-refractivity contribution is 0.00584. The molecule has 0 spiro atoms. The van der Waals surface area contributed by atoms with Crippen LogP contribution in [-0.4, -0.2) is 33.2 Å². The molecule has 1 amide bonds. The highest BCUT2D eigenvalue weighted by Crippen LogP contribution is 2.46. The Morgan fingerprint density at radius 3 is 2.17 bits per heavy atom. The van der Waals surface area contributed by atoms with E-state index in [-0.39, 0.29) is 34.7 Å². The number of benzene rings is 3. The lowest BCUT2D eigenvalue weighted by Gasteiger charge is -2.40. The molecule has 42 heavy (non-hydrogen) atoms. The fraction of sp³-hybridized carbons (Fsp3) is 0.333. The molecule has 2 aliphatic rings. The molecule has 3 aromatic carbocycles. The molecule has 2 fully saturated rings. The molecule has 1 aromatic heterocycles. The van der Waals surface area contributed by atoms with Crippen LogP contribution >= 0.6 is 34.8 Å². The number of carbonyl (C=O) groups excluding carboxylic acids is 1. The number of halogens is 4. The summed E-state index contributed by atoms with van der Waals surface area (Å²) in [7, 11) is 0. The van der Waals surface area contributed by atoms with E-state index in [0.29, 0.717) is 26.8 Å². The number of amides is 1. The molecule has 2 saturated heterocycles. The fourth-order valence-electron chi connectivity index (χ4n) is 6.53. The maximum atomic E-state index is 14.1. The van der Waals surface area contributed by atoms with Gasteiger partial charge in [-0.05, 0) is 106 Å². The Labute approximate surface area is 258 Å². The molecule has 0 N–H and O–H groups in total. The number of para-hydroxylation sites is 1. The minimum absolute atomic E-state index is 0.0492. The first kappa shape index (κ1) is 29.0. The summed E-state index contributed by atoms with van der Waals surface area (Å²) in [6, 6.07) is 16.9. The predicted molar refractivity (Wildman–Crippen MR) is 167 cm³/mol. The number of hydrogen-bond acceptors (Lipinski definition) is 3. The van der Waals surface area contributed by atoms with Gasteiger partial charge in [0.2, 0.25) is 0 Å². The fourth-order valence-corrected chi connectivity index (χ4v) is 7.36. The van der Waals surface area contributed by atoms with Gasteiger partial charge in [0, 0.05) is 29.1 Å². The van der Waals surface area contributed by atoms with Crippen molar-refractivity contribution in [3.8, 4) is 16.8 Å². The van der Waals surface area contributed by atoms with Gasteiger partial charge in [-0.1, -0.05) is 46.9 Å². The summed E-state index contributed by atoms with van der Waals surface area (Å²) < 4.78 is 21.3. The van der Waals surface area contributed by atoms with Crippen LogP contribution in [-0.2, 0) is 4.74 Å². The van der Waals surface area contributed by atoms with Crippen LogP contribution in [0.15, 0.2) is 65.5 Å². The number of hydrogen-bond donors (Lipinski definition) is 0. The molecule has 4 aromatic rings. The third-order valence-electron chi connectivity index (χ3n) is 8.23. The van der Waals surface area contributed by atoms with Crippen molar-refractivity contribution in [2.24, 2.45) is 0 Å². The monoisotopic (exact) mass is 626 g/mol. The molecule has 0 saturated carbocycles. The molecular formula is C33H30Cl3FN2O3. The van der Waals surface area contributed by atoms with E-state index in [4.69, 9.17) is 39.5 Å². The van der Waals surface area contributed by atoms with E-state index in [0.717, 1.165) is 42.2 Å². The Morgan fingerprint density at radius 2 is 1.55 bits per heavy atom. The molecule has 2 atom stereocenters. The lowest BCUT2D eigenvalue weighted by Crippen LogP contribution is -2.48. The number of aromatic nitrogens is 1. The first-order valence-corrected chi connectivity index (χ1v) is 15.2. The minimum Gasteiger partial charge on any atom is -0.444 e. The quantitative estimate of drug-likeness (QED) is 0.227. The summed E-state index contributed by atoms with van der Waals surface area (Å²) in [5.74, 6) is -0.330. The van der Waals surface area contributed by atoms with Crippen LogP contribution in [0.3, 0.4) is 0 Å². The number of fused-ring (bicyclic) bond motifs is 3. The van der Waals surface area contributed by atoms with Gasteiger partial charge in [0.05, 0.1) is 26.3 Å². The zero-order valence-corrected chi connectivity index (χ0v) is 25.7. The van der Waals surface area contributed by atoms with E-state index in [1.807, 2.05) is 31.7 Å². The molecular weight excluding hydrogens is 598 g/mol. The van der Waals surface area contributed by atoms with Crippen molar-refractivity contribution in [2.75, 3.05) is 0 Å². The second-order valence-electron chi connectivity index (χ2n) is 12.1. The number of pyridine rings is 1. The van der Waals surface area contributed by atoms with E-state index in [2.05, 4.69) is 6.07 Å². The second-order valence-corrected chi connectivity index (χ2v) is 13.4. The first-order chi connectivity index (χ1) is 19.9. The third-order valence-corrected chi connectivity index (χ3v) is 9.15. The van der Waals surface area contributed by atoms with Crippen LogP contribution in [0.1, 0.15) is 57.9 Å². The van der Waals surface area contributed by atoms with Crippen molar-refractivity contribution in [2.45, 2.75) is 70.1 Å². The van der Waals surface area contributed by atoms with Gasteiger partial charge in [-0.3, -0.25) is 9.36 Å². The molecule has 0 radical (unpaired) electrons. The molecule has 6 rings (SSSR count). The smallest absolute Gasteiger partial charge is 0.410 e. The van der Waals surface area contributed by atoms with E-state index in [1.54, 1.807) is 30.3 Å². The van der Waals surface area contributed by atoms with Crippen LogP contribution < -0.4 is 5.56 Å². The second kappa shape index (κ2) is 10.9. The number of carbonyl (C=O) groups is 1. The molecule has 2 aliphatic heterocycles. The van der Waals surface area contributed by atoms with E-state index in [9.17, 15) is 14.0 Å². The van der Waals surface area contributed by atoms with Crippen LogP contribution in [0.2, 0.25) is 15.1 Å². The molecule has 2 unspecified atom stereocenters. The number of nitrogens with zero attached hydrogens (tertiary/aromatic N) is 2. The van der Waals surface area contributed by atoms with Crippen molar-refractivity contribution in [1.29, 1.82) is 0 Å². The third kappa shape index (κ3) is 5.29. The molecule has 5 nitrogen and oxygen atoms in total. The van der Waals surface area contributed by atoms with Crippen LogP contribution in [0.5, 0.6) is 0 Å². The standard InChI is InChI=1S/C33H30Cl3FN2O3/c1-33(2,3)42-32(41)38-21-8-9-22(38)14-18(13-21)19-15-25(23-10-7-20(37)17-28(23)36)24-11-12-30(40)39(29(24)16-19)31-26(34)5-4-6-27(31)35/h4-7,10-12,15-18,21-22H,8-9,13-14H2,1-3H3. The predicted octanol–water partition coefficient (Wildman–Crippen LogP) is 9.40. The van der Waals surface area contributed by atoms with Crippen molar-refractivity contribution < 1.29 is 13.9 Å². The summed E-state index contributed by atoms with van der Waals surface area (Å²) in [5, 5.41) is 1.69. The Balaban J connectivity index is 1.53. The highest BCUT2D eigenvalue weighted by molar-refractivity contribution is 6.38. The van der Waals surface area contributed by atoms with Gasteiger partial charge in [0.1, 0.15) is 11.4 Å². The van der Waals surface area contributed by atoms with E-state index >= 15 is 0 Å². The van der Waals surface area contributed by atoms with Crippen LogP contribution in [0, 0.1) is 5.82 Å². The van der Waals surface area contributed by atoms with Crippen molar-refractivity contribution in [1.82, 2.24) is 9.47 Å². The van der Waals surface area contributed by atoms with Crippen LogP contribution in [0.25, 0.3) is 27.7 Å². The number of ether oxygens (including phenoxy) is 1. The molecule has 0 aliphatic carbocycles. The summed E-state index contributed by atoms with van der Waals surface area (Å²) in [4.78, 5) is 28.5. The Kier molecular flexibility index (Phi) is 7.53. The van der Waals surface area contributed by atoms with Gasteiger partial charge in [0.25, 0.3) is 5.56 Å². The van der Waals surface area contributed by atoms with E-state index < -0.39 is 11.4 Å². The number of piperidine rings is 1. The summed E-state index contributed by atoms with van der Waals surface area (Å²) >= 11 is 19.8. The normalized spacial score (nSPS) is 20.3. The molecule has 2 bridgehead atoms. The van der Waals surface area contributed by atoms with Gasteiger partial charge in [-0.2, -0.15) is 0 Å². The Morgan fingerprint density at radius 1 is 0.881 bits per heavy atom. The number of rotatable bonds is 3. The van der Waals surface area contributed by atoms with Gasteiger partial charge < -0.3 is 9.64 Å². The minimum atomic E-state index is -0.571. The van der Waals surface area contributed by atoms with Crippen LogP contribution in [0.4, 0.5) is 9.18 Å². The zero-order valence-electron chi connectivity index (χ0n) is 23.5. The summed E-state index contributed by atoms with van der Waals surface area (Å²) in [6.07, 6.45) is 3.05. The Hall–Kier alpha value is -3.06. The van der Waals surface area contributed by atoms with Gasteiger partial charge in [0.15, 0.2) is 0 Å². The molecule has 218 valence electrons. The SMILES string of the molecule is CC(C)(C)OC(=O)N1C2CCC1CC(c1cc(-c3ccc(F)cc3Cl)c3ccc(=O)n(-c4c(Cl)cccc4Cl)c3c1)C2. The Bertz CT molecular complexity index is 1750. The highest BCUT2D eigenvalue weighted by atomic mass is 35.5. The lowest BCUT2D eigenvalue weighted by atomic mass is 9.83. The molecule has 9 heteroatoms. The average molecular weight is 628 g/mol. The van der Waals surface area contributed by atoms with Crippen molar-refractivity contribution >= 4 is 51.8 Å². The van der Waals surface area contributed by atoms with Gasteiger partial charge in [-0.15, -0.1) is 0 Å². The van der Waals surface area contributed by atoms with Gasteiger partial charge in [-0.25, -0.2) is 9.18 Å². The molecule has 3 heterocycles. The maximum Gasteiger partial charge on any atom is 0.410 e. The summed E-state index contributed by atoms with van der Waals surface area (Å²) in [5.41, 5.74) is 2.57. The highest BCUT2D eigenvalue weighted by Gasteiger charge is 2.45. The van der Waals surface area contributed by atoms with Crippen molar-refractivity contribution in [3.05, 3.63) is 97.5 Å². The van der Waals surface area contributed by atoms with E-state index in [1.165, 1.54) is 22.8 Å². The zero-order chi connectivity index (χ0) is 29.9. The topological polar surface area (TPSA) is 51.5 Å². The van der Waals surface area contributed by atoms with Crippen molar-refractivity contribution in [3.63, 3.8) is 0 Å². The largest absolute Gasteiger partial charge is 0.444 e. The summed E-state index contributed by atoms with van der Waals surface area (Å²) in [6.45, 7) is 5.63. The first-order valence-electron chi connectivity index (χ1n) is 14.0. The maximum absolute atomic E-state index is 14.1. The average Bonchev–Trinajstić information content (AvgIpc) is 3.18. The van der Waals surface area contributed by atoms with Gasteiger partial charge >= 0.3 is 6.09 Å².